The Kier molecular flexibility index (Phi) is 4.11. The first-order chi connectivity index (χ1) is 3.31. The Morgan fingerprint density at radius 3 is 2.57 bits per heavy atom. The number of rotatable bonds is 3. The van der Waals surface area contributed by atoms with Crippen LogP contribution in [0.3, 0.4) is 0 Å². The molecule has 0 aromatic carbocycles. The SMILES string of the molecule is CC(C=O)[O][Cr]=[O]. The molecule has 0 fully saturated rings. The molecule has 0 rings (SSSR count). The topological polar surface area (TPSA) is 43.4 Å². The van der Waals surface area contributed by atoms with Crippen molar-refractivity contribution >= 4 is 6.29 Å². The van der Waals surface area contributed by atoms with Crippen molar-refractivity contribution in [1.29, 1.82) is 0 Å². The summed E-state index contributed by atoms with van der Waals surface area (Å²) in [4.78, 5) is 9.64. The molecule has 0 radical (unpaired) electrons. The van der Waals surface area contributed by atoms with E-state index in [2.05, 4.69) is 3.79 Å². The Labute approximate surface area is 47.9 Å². The standard InChI is InChI=1S/C3H5O2.Cr.O/c1-3(5)2-4;;/h2-3H,1H3;;/q-1;+1;. The van der Waals surface area contributed by atoms with E-state index < -0.39 is 21.6 Å². The molecule has 0 N–H and O–H groups in total. The van der Waals surface area contributed by atoms with Gasteiger partial charge >= 0.3 is 47.2 Å². The average molecular weight is 141 g/mol. The van der Waals surface area contributed by atoms with E-state index in [1.165, 1.54) is 6.92 Å². The fraction of sp³-hybridized carbons (Fsp3) is 0.667. The fourth-order valence-electron chi connectivity index (χ4n) is 0.0846. The van der Waals surface area contributed by atoms with Crippen LogP contribution in [0.1, 0.15) is 6.92 Å². The normalized spacial score (nSPS) is 12.7. The predicted octanol–water partition coefficient (Wildman–Crippen LogP) is -0.0666. The zero-order chi connectivity index (χ0) is 5.70. The van der Waals surface area contributed by atoms with Gasteiger partial charge in [0, 0.05) is 0 Å². The third-order valence-electron chi connectivity index (χ3n) is 0.383. The van der Waals surface area contributed by atoms with Crippen LogP contribution in [0, 0.1) is 0 Å². The van der Waals surface area contributed by atoms with Crippen molar-refractivity contribution in [2.75, 3.05) is 0 Å². The van der Waals surface area contributed by atoms with Gasteiger partial charge in [-0.05, 0) is 0 Å². The fourth-order valence-corrected chi connectivity index (χ4v) is 0.349. The average Bonchev–Trinajstić information content (AvgIpc) is 1.68. The molecule has 0 aromatic heterocycles. The molecule has 4 heteroatoms. The zero-order valence-electron chi connectivity index (χ0n) is 3.79. The van der Waals surface area contributed by atoms with Gasteiger partial charge in [-0.15, -0.1) is 0 Å². The van der Waals surface area contributed by atoms with E-state index in [-0.39, 0.29) is 0 Å². The first-order valence-electron chi connectivity index (χ1n) is 1.72. The molecule has 0 saturated heterocycles. The molecule has 0 saturated carbocycles. The molecule has 1 atom stereocenters. The molecule has 3 nitrogen and oxygen atoms in total. The van der Waals surface area contributed by atoms with Gasteiger partial charge in [0.05, 0.1) is 0 Å². The number of hydrogen-bond acceptors (Lipinski definition) is 3. The molecule has 0 aliphatic carbocycles. The molecule has 0 aliphatic rings. The van der Waals surface area contributed by atoms with Crippen molar-refractivity contribution in [3.05, 3.63) is 0 Å². The van der Waals surface area contributed by atoms with Gasteiger partial charge in [-0.25, -0.2) is 0 Å². The Bertz CT molecular complexity index is 72.6. The molecular weight excluding hydrogens is 136 g/mol. The van der Waals surface area contributed by atoms with Crippen LogP contribution in [0.15, 0.2) is 0 Å². The van der Waals surface area contributed by atoms with E-state index in [4.69, 9.17) is 0 Å². The van der Waals surface area contributed by atoms with Gasteiger partial charge < -0.3 is 0 Å². The number of aldehydes is 1. The van der Waals surface area contributed by atoms with Crippen LogP contribution in [0.5, 0.6) is 0 Å². The monoisotopic (exact) mass is 141 g/mol. The van der Waals surface area contributed by atoms with Crippen LogP contribution in [-0.4, -0.2) is 12.4 Å². The first kappa shape index (κ1) is 6.96. The van der Waals surface area contributed by atoms with Gasteiger partial charge in [-0.3, -0.25) is 0 Å². The molecule has 0 heterocycles. The van der Waals surface area contributed by atoms with Crippen molar-refractivity contribution in [2.45, 2.75) is 13.0 Å². The summed E-state index contributed by atoms with van der Waals surface area (Å²) in [7, 11) is 0. The van der Waals surface area contributed by atoms with E-state index in [0.717, 1.165) is 0 Å². The van der Waals surface area contributed by atoms with Gasteiger partial charge in [0.15, 0.2) is 0 Å². The van der Waals surface area contributed by atoms with Gasteiger partial charge in [0.1, 0.15) is 0 Å². The Morgan fingerprint density at radius 2 is 2.43 bits per heavy atom. The van der Waals surface area contributed by atoms with Crippen LogP contribution >= 0.6 is 0 Å². The van der Waals surface area contributed by atoms with Crippen LogP contribution in [-0.2, 0) is 27.9 Å². The molecule has 41 valence electrons. The molecule has 1 unspecified atom stereocenters. The van der Waals surface area contributed by atoms with Crippen molar-refractivity contribution < 1.29 is 27.9 Å². The first-order valence-corrected chi connectivity index (χ1v) is 2.76. The van der Waals surface area contributed by atoms with E-state index >= 15 is 0 Å². The Morgan fingerprint density at radius 1 is 1.86 bits per heavy atom. The van der Waals surface area contributed by atoms with Gasteiger partial charge in [0.25, 0.3) is 0 Å². The second-order valence-corrected chi connectivity index (χ2v) is 1.52. The summed E-state index contributed by atoms with van der Waals surface area (Å²) in [5.74, 6) is 0. The summed E-state index contributed by atoms with van der Waals surface area (Å²) in [6, 6.07) is 0. The third kappa shape index (κ3) is 3.80. The van der Waals surface area contributed by atoms with Gasteiger partial charge in [0.2, 0.25) is 0 Å². The van der Waals surface area contributed by atoms with Crippen LogP contribution in [0.4, 0.5) is 0 Å². The maximum absolute atomic E-state index is 9.64. The van der Waals surface area contributed by atoms with E-state index in [1.807, 2.05) is 0 Å². The Hall–Kier alpha value is -0.0375. The van der Waals surface area contributed by atoms with Crippen molar-refractivity contribution in [2.24, 2.45) is 0 Å². The second kappa shape index (κ2) is 4.13. The quantitative estimate of drug-likeness (QED) is 0.517. The molecule has 0 spiro atoms. The van der Waals surface area contributed by atoms with Gasteiger partial charge in [-0.1, -0.05) is 0 Å². The van der Waals surface area contributed by atoms with Crippen LogP contribution in [0.2, 0.25) is 0 Å². The number of hydrogen-bond donors (Lipinski definition) is 0. The summed E-state index contributed by atoms with van der Waals surface area (Å²) >= 11 is -1.08. The van der Waals surface area contributed by atoms with Gasteiger partial charge in [-0.2, -0.15) is 0 Å². The molecule has 0 aromatic rings. The minimum atomic E-state index is -1.08. The predicted molar refractivity (Wildman–Crippen MR) is 17.3 cm³/mol. The summed E-state index contributed by atoms with van der Waals surface area (Å²) < 4.78 is 13.9. The third-order valence-corrected chi connectivity index (χ3v) is 0.979. The van der Waals surface area contributed by atoms with Crippen LogP contribution < -0.4 is 0 Å². The van der Waals surface area contributed by atoms with Crippen molar-refractivity contribution in [1.82, 2.24) is 0 Å². The summed E-state index contributed by atoms with van der Waals surface area (Å²) in [6.07, 6.45) is 0.0807. The molecular formula is C3H5CrO3. The molecule has 0 amide bonds. The summed E-state index contributed by atoms with van der Waals surface area (Å²) in [5.41, 5.74) is 0. The molecule has 7 heavy (non-hydrogen) atoms. The second-order valence-electron chi connectivity index (χ2n) is 1.01. The summed E-state index contributed by atoms with van der Waals surface area (Å²) in [5, 5.41) is 0. The molecule has 0 bridgehead atoms. The van der Waals surface area contributed by atoms with E-state index in [1.54, 1.807) is 0 Å². The zero-order valence-corrected chi connectivity index (χ0v) is 5.06. The minimum absolute atomic E-state index is 0.516. The maximum atomic E-state index is 9.64. The number of carbonyl (C=O) groups is 1. The van der Waals surface area contributed by atoms with Crippen molar-refractivity contribution in [3.63, 3.8) is 0 Å². The molecule has 0 aliphatic heterocycles. The summed E-state index contributed by atoms with van der Waals surface area (Å²) in [6.45, 7) is 1.53. The van der Waals surface area contributed by atoms with E-state index in [0.29, 0.717) is 6.29 Å². The van der Waals surface area contributed by atoms with Crippen LogP contribution in [0.25, 0.3) is 0 Å². The Balaban J connectivity index is 3.15. The van der Waals surface area contributed by atoms with Crippen molar-refractivity contribution in [3.8, 4) is 0 Å². The number of carbonyl (C=O) groups excluding carboxylic acids is 1. The van der Waals surface area contributed by atoms with E-state index in [9.17, 15) is 8.60 Å².